The summed E-state index contributed by atoms with van der Waals surface area (Å²) in [6.45, 7) is 9.82. The molecule has 0 aliphatic carbocycles. The molecule has 0 aromatic carbocycles. The first kappa shape index (κ1) is 14.4. The van der Waals surface area contributed by atoms with Gasteiger partial charge in [0.05, 0.1) is 6.61 Å². The van der Waals surface area contributed by atoms with Crippen LogP contribution in [0.25, 0.3) is 0 Å². The molecule has 0 saturated carbocycles. The fraction of sp³-hybridized carbons (Fsp3) is 1.00. The standard InChI is InChI=1S/C11H24BrNO/c1-4-11(5-2,9-12)10-13(6-3)7-8-14/h14H,4-10H2,1-3H3. The molecule has 0 atom stereocenters. The number of alkyl halides is 1. The number of rotatable bonds is 8. The third kappa shape index (κ3) is 4.28. The molecule has 0 aliphatic rings. The van der Waals surface area contributed by atoms with E-state index in [1.165, 1.54) is 12.8 Å². The predicted molar refractivity (Wildman–Crippen MR) is 66.0 cm³/mol. The van der Waals surface area contributed by atoms with Gasteiger partial charge in [0.2, 0.25) is 0 Å². The van der Waals surface area contributed by atoms with E-state index in [9.17, 15) is 0 Å². The molecule has 0 aromatic heterocycles. The molecule has 0 spiro atoms. The third-order valence-corrected chi connectivity index (χ3v) is 4.40. The summed E-state index contributed by atoms with van der Waals surface area (Å²) in [6.07, 6.45) is 2.38. The largest absolute Gasteiger partial charge is 0.395 e. The van der Waals surface area contributed by atoms with Crippen LogP contribution in [0.5, 0.6) is 0 Å². The Labute approximate surface area is 96.8 Å². The van der Waals surface area contributed by atoms with E-state index in [1.807, 2.05) is 0 Å². The molecule has 3 heteroatoms. The minimum absolute atomic E-state index is 0.264. The third-order valence-electron chi connectivity index (χ3n) is 3.21. The first-order valence-electron chi connectivity index (χ1n) is 5.57. The Balaban J connectivity index is 4.24. The SMILES string of the molecule is CCN(CCO)CC(CC)(CC)CBr. The Kier molecular flexibility index (Phi) is 7.88. The van der Waals surface area contributed by atoms with Crippen molar-refractivity contribution >= 4 is 15.9 Å². The Morgan fingerprint density at radius 1 is 1.21 bits per heavy atom. The molecule has 0 aromatic rings. The number of hydrogen-bond donors (Lipinski definition) is 1. The van der Waals surface area contributed by atoms with Gasteiger partial charge >= 0.3 is 0 Å². The van der Waals surface area contributed by atoms with Crippen LogP contribution in [0.2, 0.25) is 0 Å². The Hall–Kier alpha value is 0.400. The molecule has 0 heterocycles. The monoisotopic (exact) mass is 265 g/mol. The van der Waals surface area contributed by atoms with Gasteiger partial charge in [0.25, 0.3) is 0 Å². The van der Waals surface area contributed by atoms with Gasteiger partial charge in [0, 0.05) is 18.4 Å². The Morgan fingerprint density at radius 2 is 1.79 bits per heavy atom. The average molecular weight is 266 g/mol. The van der Waals surface area contributed by atoms with Crippen molar-refractivity contribution in [2.75, 3.05) is 31.6 Å². The fourth-order valence-electron chi connectivity index (χ4n) is 1.67. The lowest BCUT2D eigenvalue weighted by molar-refractivity contribution is 0.136. The topological polar surface area (TPSA) is 23.5 Å². The number of hydrogen-bond acceptors (Lipinski definition) is 2. The average Bonchev–Trinajstić information content (AvgIpc) is 2.25. The summed E-state index contributed by atoms with van der Waals surface area (Å²) >= 11 is 3.61. The van der Waals surface area contributed by atoms with Crippen LogP contribution in [-0.4, -0.2) is 41.6 Å². The molecule has 2 nitrogen and oxygen atoms in total. The van der Waals surface area contributed by atoms with E-state index in [0.29, 0.717) is 5.41 Å². The van der Waals surface area contributed by atoms with Crippen molar-refractivity contribution in [2.24, 2.45) is 5.41 Å². The van der Waals surface area contributed by atoms with E-state index in [4.69, 9.17) is 5.11 Å². The Morgan fingerprint density at radius 3 is 2.07 bits per heavy atom. The Bertz CT molecular complexity index is 129. The molecule has 1 N–H and O–H groups in total. The summed E-state index contributed by atoms with van der Waals surface area (Å²) in [5, 5.41) is 9.98. The lowest BCUT2D eigenvalue weighted by atomic mass is 9.84. The van der Waals surface area contributed by atoms with Gasteiger partial charge in [-0.25, -0.2) is 0 Å². The maximum atomic E-state index is 8.93. The van der Waals surface area contributed by atoms with Gasteiger partial charge in [-0.2, -0.15) is 0 Å². The zero-order chi connectivity index (χ0) is 11.0. The molecular weight excluding hydrogens is 242 g/mol. The second kappa shape index (κ2) is 7.66. The molecule has 14 heavy (non-hydrogen) atoms. The van der Waals surface area contributed by atoms with Crippen LogP contribution < -0.4 is 0 Å². The molecule has 0 saturated heterocycles. The molecular formula is C11H24BrNO. The van der Waals surface area contributed by atoms with Crippen LogP contribution in [0, 0.1) is 5.41 Å². The highest BCUT2D eigenvalue weighted by Crippen LogP contribution is 2.29. The van der Waals surface area contributed by atoms with Gasteiger partial charge in [-0.1, -0.05) is 36.7 Å². The van der Waals surface area contributed by atoms with E-state index in [2.05, 4.69) is 41.6 Å². The van der Waals surface area contributed by atoms with Crippen molar-refractivity contribution in [1.29, 1.82) is 0 Å². The van der Waals surface area contributed by atoms with Crippen LogP contribution >= 0.6 is 15.9 Å². The minimum Gasteiger partial charge on any atom is -0.395 e. The summed E-state index contributed by atoms with van der Waals surface area (Å²) in [5.41, 5.74) is 0.380. The summed E-state index contributed by atoms with van der Waals surface area (Å²) in [6, 6.07) is 0. The highest BCUT2D eigenvalue weighted by Gasteiger charge is 2.26. The smallest absolute Gasteiger partial charge is 0.0558 e. The fourth-order valence-corrected chi connectivity index (χ4v) is 2.64. The summed E-state index contributed by atoms with van der Waals surface area (Å²) in [4.78, 5) is 2.33. The van der Waals surface area contributed by atoms with Crippen molar-refractivity contribution in [2.45, 2.75) is 33.6 Å². The van der Waals surface area contributed by atoms with Crippen LogP contribution in [-0.2, 0) is 0 Å². The van der Waals surface area contributed by atoms with Crippen molar-refractivity contribution < 1.29 is 5.11 Å². The van der Waals surface area contributed by atoms with Gasteiger partial charge in [-0.05, 0) is 24.8 Å². The zero-order valence-corrected chi connectivity index (χ0v) is 11.3. The van der Waals surface area contributed by atoms with Gasteiger partial charge in [0.15, 0.2) is 0 Å². The minimum atomic E-state index is 0.264. The van der Waals surface area contributed by atoms with Crippen molar-refractivity contribution in [3.05, 3.63) is 0 Å². The van der Waals surface area contributed by atoms with Gasteiger partial charge in [-0.3, -0.25) is 0 Å². The number of halogens is 1. The molecule has 0 rings (SSSR count). The lowest BCUT2D eigenvalue weighted by Gasteiger charge is -2.35. The van der Waals surface area contributed by atoms with Crippen molar-refractivity contribution in [1.82, 2.24) is 4.90 Å². The quantitative estimate of drug-likeness (QED) is 0.682. The first-order chi connectivity index (χ1) is 6.67. The van der Waals surface area contributed by atoms with Crippen LogP contribution in [0.4, 0.5) is 0 Å². The summed E-state index contributed by atoms with van der Waals surface area (Å²) in [5.74, 6) is 0. The summed E-state index contributed by atoms with van der Waals surface area (Å²) in [7, 11) is 0. The highest BCUT2D eigenvalue weighted by atomic mass is 79.9. The van der Waals surface area contributed by atoms with E-state index in [0.717, 1.165) is 25.0 Å². The molecule has 86 valence electrons. The van der Waals surface area contributed by atoms with E-state index < -0.39 is 0 Å². The second-order valence-electron chi connectivity index (χ2n) is 3.93. The number of nitrogens with zero attached hydrogens (tertiary/aromatic N) is 1. The van der Waals surface area contributed by atoms with E-state index in [-0.39, 0.29) is 6.61 Å². The highest BCUT2D eigenvalue weighted by molar-refractivity contribution is 9.09. The van der Waals surface area contributed by atoms with Crippen molar-refractivity contribution in [3.63, 3.8) is 0 Å². The van der Waals surface area contributed by atoms with Gasteiger partial charge in [-0.15, -0.1) is 0 Å². The first-order valence-corrected chi connectivity index (χ1v) is 6.69. The lowest BCUT2D eigenvalue weighted by Crippen LogP contribution is -2.39. The molecule has 0 fully saturated rings. The zero-order valence-electron chi connectivity index (χ0n) is 9.72. The second-order valence-corrected chi connectivity index (χ2v) is 4.49. The maximum absolute atomic E-state index is 8.93. The van der Waals surface area contributed by atoms with Crippen LogP contribution in [0.3, 0.4) is 0 Å². The number of aliphatic hydroxyl groups excluding tert-OH is 1. The number of aliphatic hydroxyl groups is 1. The van der Waals surface area contributed by atoms with Crippen LogP contribution in [0.15, 0.2) is 0 Å². The van der Waals surface area contributed by atoms with E-state index in [1.54, 1.807) is 0 Å². The van der Waals surface area contributed by atoms with Crippen molar-refractivity contribution in [3.8, 4) is 0 Å². The maximum Gasteiger partial charge on any atom is 0.0558 e. The van der Waals surface area contributed by atoms with Gasteiger partial charge in [0.1, 0.15) is 0 Å². The molecule has 0 unspecified atom stereocenters. The molecule has 0 amide bonds. The molecule has 0 aliphatic heterocycles. The normalized spacial score (nSPS) is 12.4. The predicted octanol–water partition coefficient (Wildman–Crippen LogP) is 2.50. The summed E-state index contributed by atoms with van der Waals surface area (Å²) < 4.78 is 0. The molecule has 0 bridgehead atoms. The van der Waals surface area contributed by atoms with Gasteiger partial charge < -0.3 is 10.0 Å². The molecule has 0 radical (unpaired) electrons. The van der Waals surface area contributed by atoms with Crippen LogP contribution in [0.1, 0.15) is 33.6 Å². The van der Waals surface area contributed by atoms with E-state index >= 15 is 0 Å². The number of likely N-dealkylation sites (N-methyl/N-ethyl adjacent to an activating group) is 1.